The van der Waals surface area contributed by atoms with Crippen molar-refractivity contribution < 1.29 is 0 Å². The summed E-state index contributed by atoms with van der Waals surface area (Å²) in [6.07, 6.45) is 2.35. The summed E-state index contributed by atoms with van der Waals surface area (Å²) >= 11 is 3.63. The van der Waals surface area contributed by atoms with E-state index in [1.807, 2.05) is 13.1 Å². The summed E-state index contributed by atoms with van der Waals surface area (Å²) in [6.45, 7) is 2.21. The second-order valence-corrected chi connectivity index (χ2v) is 5.59. The Labute approximate surface area is 124 Å². The molecular weight excluding hydrogens is 298 g/mol. The molecule has 0 saturated carbocycles. The second-order valence-electron chi connectivity index (χ2n) is 4.73. The van der Waals surface area contributed by atoms with E-state index in [0.717, 1.165) is 10.9 Å². The van der Waals surface area contributed by atoms with Crippen molar-refractivity contribution in [2.24, 2.45) is 0 Å². The molecule has 2 aromatic carbocycles. The van der Waals surface area contributed by atoms with Gasteiger partial charge in [0.1, 0.15) is 0 Å². The topological polar surface area (TPSA) is 12.0 Å². The maximum Gasteiger partial charge on any atom is 0.0585 e. The molecule has 0 aromatic heterocycles. The maximum absolute atomic E-state index is 3.63. The Kier molecular flexibility index (Phi) is 5.17. The molecule has 0 aliphatic carbocycles. The standard InChI is InChI=1S/C17H20BrN/c1-3-6-13-9-11-14(12-10-13)17(19-2)15-7-4-5-8-16(15)18/h4-5,7-12,17,19H,3,6H2,1-2H3. The molecule has 1 N–H and O–H groups in total. The summed E-state index contributed by atoms with van der Waals surface area (Å²) in [6, 6.07) is 17.5. The average molecular weight is 318 g/mol. The summed E-state index contributed by atoms with van der Waals surface area (Å²) in [4.78, 5) is 0. The van der Waals surface area contributed by atoms with Crippen LogP contribution in [-0.4, -0.2) is 7.05 Å². The monoisotopic (exact) mass is 317 g/mol. The van der Waals surface area contributed by atoms with Crippen LogP contribution in [0.15, 0.2) is 53.0 Å². The van der Waals surface area contributed by atoms with Crippen molar-refractivity contribution in [3.8, 4) is 0 Å². The van der Waals surface area contributed by atoms with Gasteiger partial charge in [0.05, 0.1) is 6.04 Å². The molecule has 0 amide bonds. The zero-order chi connectivity index (χ0) is 13.7. The smallest absolute Gasteiger partial charge is 0.0585 e. The molecule has 1 unspecified atom stereocenters. The quantitative estimate of drug-likeness (QED) is 0.842. The molecule has 0 spiro atoms. The Morgan fingerprint density at radius 2 is 1.74 bits per heavy atom. The lowest BCUT2D eigenvalue weighted by molar-refractivity contribution is 0.688. The SMILES string of the molecule is CCCc1ccc(C(NC)c2ccccc2Br)cc1. The summed E-state index contributed by atoms with van der Waals surface area (Å²) in [5.41, 5.74) is 3.98. The molecule has 0 bridgehead atoms. The first-order valence-electron chi connectivity index (χ1n) is 6.76. The van der Waals surface area contributed by atoms with Crippen LogP contribution in [0.5, 0.6) is 0 Å². The van der Waals surface area contributed by atoms with Gasteiger partial charge in [-0.05, 0) is 36.2 Å². The fourth-order valence-corrected chi connectivity index (χ4v) is 2.89. The second kappa shape index (κ2) is 6.88. The maximum atomic E-state index is 3.63. The van der Waals surface area contributed by atoms with E-state index in [-0.39, 0.29) is 6.04 Å². The molecule has 0 radical (unpaired) electrons. The molecule has 2 aromatic rings. The molecule has 2 heteroatoms. The number of benzene rings is 2. The molecule has 1 nitrogen and oxygen atoms in total. The van der Waals surface area contributed by atoms with Crippen LogP contribution in [-0.2, 0) is 6.42 Å². The van der Waals surface area contributed by atoms with Gasteiger partial charge >= 0.3 is 0 Å². The van der Waals surface area contributed by atoms with E-state index in [0.29, 0.717) is 0 Å². The highest BCUT2D eigenvalue weighted by Crippen LogP contribution is 2.28. The Balaban J connectivity index is 2.29. The third-order valence-corrected chi connectivity index (χ3v) is 4.08. The van der Waals surface area contributed by atoms with Crippen LogP contribution in [0, 0.1) is 0 Å². The third-order valence-electron chi connectivity index (χ3n) is 3.36. The minimum absolute atomic E-state index is 0.228. The number of hydrogen-bond donors (Lipinski definition) is 1. The Bertz CT molecular complexity index is 519. The Hall–Kier alpha value is -1.12. The van der Waals surface area contributed by atoms with Gasteiger partial charge < -0.3 is 5.32 Å². The van der Waals surface area contributed by atoms with Gasteiger partial charge in [-0.1, -0.05) is 71.7 Å². The molecule has 0 heterocycles. The summed E-state index contributed by atoms with van der Waals surface area (Å²) in [7, 11) is 2.00. The van der Waals surface area contributed by atoms with E-state index in [4.69, 9.17) is 0 Å². The third kappa shape index (κ3) is 3.46. The molecule has 100 valence electrons. The highest BCUT2D eigenvalue weighted by atomic mass is 79.9. The van der Waals surface area contributed by atoms with Gasteiger partial charge in [0.2, 0.25) is 0 Å². The molecule has 2 rings (SSSR count). The molecule has 1 atom stereocenters. The van der Waals surface area contributed by atoms with E-state index in [2.05, 4.69) is 70.6 Å². The van der Waals surface area contributed by atoms with E-state index < -0.39 is 0 Å². The number of nitrogens with one attached hydrogen (secondary N) is 1. The molecule has 0 fully saturated rings. The predicted octanol–water partition coefficient (Wildman–Crippen LogP) is 4.71. The van der Waals surface area contributed by atoms with Crippen molar-refractivity contribution in [2.75, 3.05) is 7.05 Å². The minimum Gasteiger partial charge on any atom is -0.309 e. The van der Waals surface area contributed by atoms with Crippen LogP contribution in [0.1, 0.15) is 36.1 Å². The molecule has 0 aliphatic heterocycles. The van der Waals surface area contributed by atoms with Crippen LogP contribution < -0.4 is 5.32 Å². The van der Waals surface area contributed by atoms with Crippen molar-refractivity contribution in [1.82, 2.24) is 5.32 Å². The fourth-order valence-electron chi connectivity index (χ4n) is 2.38. The Morgan fingerprint density at radius 1 is 1.05 bits per heavy atom. The molecule has 0 saturated heterocycles. The van der Waals surface area contributed by atoms with E-state index in [1.54, 1.807) is 0 Å². The minimum atomic E-state index is 0.228. The van der Waals surface area contributed by atoms with Crippen LogP contribution in [0.4, 0.5) is 0 Å². The van der Waals surface area contributed by atoms with Crippen molar-refractivity contribution in [1.29, 1.82) is 0 Å². The van der Waals surface area contributed by atoms with E-state index >= 15 is 0 Å². The summed E-state index contributed by atoms with van der Waals surface area (Å²) < 4.78 is 1.15. The first-order chi connectivity index (χ1) is 9.26. The van der Waals surface area contributed by atoms with Crippen LogP contribution in [0.3, 0.4) is 0 Å². The van der Waals surface area contributed by atoms with Gasteiger partial charge in [0.15, 0.2) is 0 Å². The number of halogens is 1. The van der Waals surface area contributed by atoms with Gasteiger partial charge in [-0.2, -0.15) is 0 Å². The van der Waals surface area contributed by atoms with Gasteiger partial charge in [-0.25, -0.2) is 0 Å². The first-order valence-corrected chi connectivity index (χ1v) is 7.56. The van der Waals surface area contributed by atoms with E-state index in [1.165, 1.54) is 23.1 Å². The summed E-state index contributed by atoms with van der Waals surface area (Å²) in [5.74, 6) is 0. The zero-order valence-corrected chi connectivity index (χ0v) is 13.1. The van der Waals surface area contributed by atoms with Gasteiger partial charge in [0, 0.05) is 4.47 Å². The highest BCUT2D eigenvalue weighted by molar-refractivity contribution is 9.10. The molecular formula is C17H20BrN. The highest BCUT2D eigenvalue weighted by Gasteiger charge is 2.14. The number of aryl methyl sites for hydroxylation is 1. The lowest BCUT2D eigenvalue weighted by Gasteiger charge is -2.19. The van der Waals surface area contributed by atoms with Crippen molar-refractivity contribution in [2.45, 2.75) is 25.8 Å². The average Bonchev–Trinajstić information content (AvgIpc) is 2.44. The fraction of sp³-hybridized carbons (Fsp3) is 0.294. The van der Waals surface area contributed by atoms with Crippen molar-refractivity contribution in [3.63, 3.8) is 0 Å². The lowest BCUT2D eigenvalue weighted by Crippen LogP contribution is -2.18. The lowest BCUT2D eigenvalue weighted by atomic mass is 9.97. The van der Waals surface area contributed by atoms with Crippen LogP contribution in [0.2, 0.25) is 0 Å². The van der Waals surface area contributed by atoms with Crippen LogP contribution >= 0.6 is 15.9 Å². The number of rotatable bonds is 5. The van der Waals surface area contributed by atoms with Crippen molar-refractivity contribution in [3.05, 3.63) is 69.7 Å². The molecule has 0 aliphatic rings. The first kappa shape index (κ1) is 14.3. The predicted molar refractivity (Wildman–Crippen MR) is 85.5 cm³/mol. The normalized spacial score (nSPS) is 12.4. The van der Waals surface area contributed by atoms with Gasteiger partial charge in [0.25, 0.3) is 0 Å². The molecule has 19 heavy (non-hydrogen) atoms. The van der Waals surface area contributed by atoms with Gasteiger partial charge in [-0.3, -0.25) is 0 Å². The van der Waals surface area contributed by atoms with Crippen molar-refractivity contribution >= 4 is 15.9 Å². The van der Waals surface area contributed by atoms with E-state index in [9.17, 15) is 0 Å². The largest absolute Gasteiger partial charge is 0.309 e. The van der Waals surface area contributed by atoms with Gasteiger partial charge in [-0.15, -0.1) is 0 Å². The van der Waals surface area contributed by atoms with Crippen LogP contribution in [0.25, 0.3) is 0 Å². The zero-order valence-electron chi connectivity index (χ0n) is 11.5. The summed E-state index contributed by atoms with van der Waals surface area (Å²) in [5, 5.41) is 3.40. The Morgan fingerprint density at radius 3 is 2.32 bits per heavy atom. The number of hydrogen-bond acceptors (Lipinski definition) is 1.